The summed E-state index contributed by atoms with van der Waals surface area (Å²) in [6.45, 7) is 4.56. The van der Waals surface area contributed by atoms with Crippen LogP contribution in [-0.4, -0.2) is 42.1 Å². The lowest BCUT2D eigenvalue weighted by atomic mass is 9.97. The number of para-hydroxylation sites is 2. The SMILES string of the molecule is C[C@H]1CCC[C@H](C)N1C(=O)Cn1c2ccccc2n2c(=S)[nH]nc12. The Morgan fingerprint density at radius 2 is 1.92 bits per heavy atom. The topological polar surface area (TPSA) is 58.3 Å². The predicted octanol–water partition coefficient (Wildman–Crippen LogP) is 3.14. The zero-order chi connectivity index (χ0) is 16.8. The minimum atomic E-state index is 0.145. The van der Waals surface area contributed by atoms with Gasteiger partial charge in [-0.05, 0) is 57.5 Å². The Balaban J connectivity index is 1.78. The van der Waals surface area contributed by atoms with Crippen LogP contribution in [0.2, 0.25) is 0 Å². The van der Waals surface area contributed by atoms with Crippen LogP contribution in [0.4, 0.5) is 0 Å². The fourth-order valence-corrected chi connectivity index (χ4v) is 4.19. The molecule has 7 heteroatoms. The molecule has 0 unspecified atom stereocenters. The van der Waals surface area contributed by atoms with Gasteiger partial charge in [-0.1, -0.05) is 12.1 Å². The van der Waals surface area contributed by atoms with Gasteiger partial charge in [0.15, 0.2) is 0 Å². The van der Waals surface area contributed by atoms with Gasteiger partial charge in [0.1, 0.15) is 6.54 Å². The number of hydrogen-bond acceptors (Lipinski definition) is 3. The van der Waals surface area contributed by atoms with Crippen LogP contribution < -0.4 is 0 Å². The molecule has 1 fully saturated rings. The number of imidazole rings is 1. The molecule has 4 rings (SSSR count). The Hall–Kier alpha value is -2.15. The normalized spacial score (nSPS) is 21.7. The van der Waals surface area contributed by atoms with Crippen molar-refractivity contribution in [2.24, 2.45) is 0 Å². The first kappa shape index (κ1) is 15.4. The number of carbonyl (C=O) groups is 1. The second kappa shape index (κ2) is 5.73. The standard InChI is InChI=1S/C17H21N5OS/c1-11-6-5-7-12(2)21(11)15(23)10-20-13-8-3-4-9-14(13)22-16(20)18-19-17(22)24/h3-4,8-9,11-12H,5-7,10H2,1-2H3,(H,19,24)/t11-,12-/m0/s1. The Kier molecular flexibility index (Phi) is 3.68. The van der Waals surface area contributed by atoms with Crippen molar-refractivity contribution in [3.63, 3.8) is 0 Å². The van der Waals surface area contributed by atoms with Gasteiger partial charge in [0.05, 0.1) is 11.0 Å². The summed E-state index contributed by atoms with van der Waals surface area (Å²) in [6, 6.07) is 8.54. The van der Waals surface area contributed by atoms with E-state index >= 15 is 0 Å². The first-order valence-corrected chi connectivity index (χ1v) is 8.84. The molecule has 2 atom stereocenters. The van der Waals surface area contributed by atoms with Crippen molar-refractivity contribution >= 4 is 34.9 Å². The second-order valence-electron chi connectivity index (χ2n) is 6.67. The number of benzene rings is 1. The first-order chi connectivity index (χ1) is 11.6. The summed E-state index contributed by atoms with van der Waals surface area (Å²) in [5, 5.41) is 7.16. The van der Waals surface area contributed by atoms with Crippen molar-refractivity contribution in [3.05, 3.63) is 29.0 Å². The summed E-state index contributed by atoms with van der Waals surface area (Å²) >= 11 is 5.34. The van der Waals surface area contributed by atoms with Crippen molar-refractivity contribution in [2.45, 2.75) is 51.7 Å². The number of nitrogens with zero attached hydrogens (tertiary/aromatic N) is 4. The Morgan fingerprint density at radius 3 is 2.62 bits per heavy atom. The zero-order valence-corrected chi connectivity index (χ0v) is 14.7. The van der Waals surface area contributed by atoms with Crippen molar-refractivity contribution in [3.8, 4) is 0 Å². The number of amides is 1. The maximum absolute atomic E-state index is 13.0. The maximum atomic E-state index is 13.0. The van der Waals surface area contributed by atoms with Gasteiger partial charge in [-0.25, -0.2) is 5.10 Å². The number of hydrogen-bond donors (Lipinski definition) is 1. The molecule has 1 aliphatic heterocycles. The Morgan fingerprint density at radius 1 is 1.25 bits per heavy atom. The molecule has 0 saturated carbocycles. The van der Waals surface area contributed by atoms with Gasteiger partial charge in [0.25, 0.3) is 0 Å². The third kappa shape index (κ3) is 2.26. The van der Waals surface area contributed by atoms with E-state index in [1.807, 2.05) is 38.1 Å². The number of aromatic nitrogens is 4. The fourth-order valence-electron chi connectivity index (χ4n) is 3.96. The van der Waals surface area contributed by atoms with E-state index in [-0.39, 0.29) is 12.5 Å². The first-order valence-electron chi connectivity index (χ1n) is 8.43. The Labute approximate surface area is 145 Å². The van der Waals surface area contributed by atoms with Gasteiger partial charge in [0, 0.05) is 12.1 Å². The molecular formula is C17H21N5OS. The molecule has 1 aromatic carbocycles. The summed E-state index contributed by atoms with van der Waals surface area (Å²) in [7, 11) is 0. The van der Waals surface area contributed by atoms with E-state index in [9.17, 15) is 4.79 Å². The van der Waals surface area contributed by atoms with E-state index in [4.69, 9.17) is 12.2 Å². The van der Waals surface area contributed by atoms with Crippen LogP contribution in [-0.2, 0) is 11.3 Å². The number of fused-ring (bicyclic) bond motifs is 3. The molecule has 1 amide bonds. The predicted molar refractivity (Wildman–Crippen MR) is 95.5 cm³/mol. The van der Waals surface area contributed by atoms with Crippen LogP contribution in [0.3, 0.4) is 0 Å². The monoisotopic (exact) mass is 343 g/mol. The van der Waals surface area contributed by atoms with Crippen molar-refractivity contribution in [2.75, 3.05) is 0 Å². The van der Waals surface area contributed by atoms with Gasteiger partial charge in [-0.2, -0.15) is 0 Å². The van der Waals surface area contributed by atoms with Gasteiger partial charge < -0.3 is 4.90 Å². The molecule has 24 heavy (non-hydrogen) atoms. The van der Waals surface area contributed by atoms with E-state index in [1.54, 1.807) is 0 Å². The number of likely N-dealkylation sites (tertiary alicyclic amines) is 1. The summed E-state index contributed by atoms with van der Waals surface area (Å²) < 4.78 is 4.39. The molecule has 126 valence electrons. The van der Waals surface area contributed by atoms with E-state index in [2.05, 4.69) is 24.0 Å². The lowest BCUT2D eigenvalue weighted by Crippen LogP contribution is -2.48. The van der Waals surface area contributed by atoms with E-state index in [1.165, 1.54) is 6.42 Å². The van der Waals surface area contributed by atoms with Crippen LogP contribution in [0.1, 0.15) is 33.1 Å². The minimum absolute atomic E-state index is 0.145. The highest BCUT2D eigenvalue weighted by Gasteiger charge is 2.29. The highest BCUT2D eigenvalue weighted by Crippen LogP contribution is 2.25. The van der Waals surface area contributed by atoms with Crippen LogP contribution in [0, 0.1) is 4.77 Å². The van der Waals surface area contributed by atoms with Crippen molar-refractivity contribution in [1.82, 2.24) is 24.1 Å². The quantitative estimate of drug-likeness (QED) is 0.727. The summed E-state index contributed by atoms with van der Waals surface area (Å²) in [6.07, 6.45) is 3.34. The number of nitrogens with one attached hydrogen (secondary N) is 1. The molecule has 3 aromatic rings. The largest absolute Gasteiger partial charge is 0.336 e. The highest BCUT2D eigenvalue weighted by molar-refractivity contribution is 7.71. The molecule has 2 aromatic heterocycles. The molecule has 0 bridgehead atoms. The second-order valence-corrected chi connectivity index (χ2v) is 7.06. The number of aromatic amines is 1. The molecule has 0 spiro atoms. The molecule has 0 radical (unpaired) electrons. The van der Waals surface area contributed by atoms with Crippen LogP contribution in [0.5, 0.6) is 0 Å². The third-order valence-corrected chi connectivity index (χ3v) is 5.36. The molecule has 0 aliphatic carbocycles. The smallest absolute Gasteiger partial charge is 0.243 e. The van der Waals surface area contributed by atoms with Gasteiger partial charge in [0.2, 0.25) is 16.5 Å². The lowest BCUT2D eigenvalue weighted by molar-refractivity contribution is -0.137. The number of rotatable bonds is 2. The lowest BCUT2D eigenvalue weighted by Gasteiger charge is -2.39. The summed E-state index contributed by atoms with van der Waals surface area (Å²) in [5.41, 5.74) is 1.95. The Bertz CT molecular complexity index is 958. The highest BCUT2D eigenvalue weighted by atomic mass is 32.1. The zero-order valence-electron chi connectivity index (χ0n) is 13.9. The average Bonchev–Trinajstić information content (AvgIpc) is 3.07. The molecule has 1 aliphatic rings. The summed E-state index contributed by atoms with van der Waals surface area (Å²) in [4.78, 5) is 15.1. The van der Waals surface area contributed by atoms with Crippen molar-refractivity contribution in [1.29, 1.82) is 0 Å². The van der Waals surface area contributed by atoms with Crippen LogP contribution >= 0.6 is 12.2 Å². The maximum Gasteiger partial charge on any atom is 0.243 e. The van der Waals surface area contributed by atoms with Gasteiger partial charge in [-0.3, -0.25) is 13.8 Å². The van der Waals surface area contributed by atoms with E-state index in [0.29, 0.717) is 22.6 Å². The number of carbonyl (C=O) groups excluding carboxylic acids is 1. The molecule has 1 saturated heterocycles. The van der Waals surface area contributed by atoms with Crippen LogP contribution in [0.15, 0.2) is 24.3 Å². The number of piperidine rings is 1. The van der Waals surface area contributed by atoms with Gasteiger partial charge in [-0.15, -0.1) is 5.10 Å². The van der Waals surface area contributed by atoms with Gasteiger partial charge >= 0.3 is 0 Å². The minimum Gasteiger partial charge on any atom is -0.336 e. The molecule has 1 N–H and O–H groups in total. The molecule has 6 nitrogen and oxygen atoms in total. The molecule has 3 heterocycles. The molecular weight excluding hydrogens is 322 g/mol. The summed E-state index contributed by atoms with van der Waals surface area (Å²) in [5.74, 6) is 0.832. The van der Waals surface area contributed by atoms with Crippen molar-refractivity contribution < 1.29 is 4.79 Å². The van der Waals surface area contributed by atoms with Crippen LogP contribution in [0.25, 0.3) is 16.8 Å². The van der Waals surface area contributed by atoms with E-state index in [0.717, 1.165) is 23.9 Å². The number of H-pyrrole nitrogens is 1. The third-order valence-electron chi connectivity index (χ3n) is 5.08. The fraction of sp³-hybridized carbons (Fsp3) is 0.471. The van der Waals surface area contributed by atoms with E-state index < -0.39 is 0 Å². The average molecular weight is 343 g/mol.